The molecule has 0 aromatic heterocycles. The molecule has 0 radical (unpaired) electrons. The summed E-state index contributed by atoms with van der Waals surface area (Å²) in [6.07, 6.45) is 71.1. The number of phosphoric acid groups is 1. The van der Waals surface area contributed by atoms with Crippen LogP contribution in [0, 0.1) is 0 Å². The number of nitrogens with zero attached hydrogens (tertiary/aromatic N) is 1. The molecule has 0 heterocycles. The summed E-state index contributed by atoms with van der Waals surface area (Å²) in [5, 5.41) is 0. The largest absolute Gasteiger partial charge is 0.472 e. The van der Waals surface area contributed by atoms with Gasteiger partial charge in [-0.1, -0.05) is 193 Å². The predicted octanol–water partition coefficient (Wildman–Crippen LogP) is 16.8. The molecule has 0 aromatic carbocycles. The van der Waals surface area contributed by atoms with Crippen LogP contribution < -0.4 is 0 Å². The molecule has 2 atom stereocenters. The van der Waals surface area contributed by atoms with Crippen LogP contribution in [-0.2, 0) is 32.7 Å². The lowest BCUT2D eigenvalue weighted by atomic mass is 10.1. The van der Waals surface area contributed by atoms with Gasteiger partial charge in [-0.05, 0) is 109 Å². The Kier molecular flexibility index (Phi) is 47.8. The quantitative estimate of drug-likeness (QED) is 0.0211. The lowest BCUT2D eigenvalue weighted by molar-refractivity contribution is -0.870. The third-order valence-electron chi connectivity index (χ3n) is 11.0. The molecule has 0 spiro atoms. The Morgan fingerprint density at radius 1 is 0.457 bits per heavy atom. The van der Waals surface area contributed by atoms with Crippen LogP contribution in [-0.4, -0.2) is 74.9 Å². The number of phosphoric ester groups is 1. The molecule has 0 bridgehead atoms. The summed E-state index contributed by atoms with van der Waals surface area (Å²) >= 11 is 0. The molecule has 0 amide bonds. The van der Waals surface area contributed by atoms with E-state index in [0.29, 0.717) is 23.9 Å². The van der Waals surface area contributed by atoms with Crippen LogP contribution in [0.2, 0.25) is 0 Å². The average Bonchev–Trinajstić information content (AvgIpc) is 3.32. The zero-order valence-electron chi connectivity index (χ0n) is 45.0. The van der Waals surface area contributed by atoms with Crippen LogP contribution in [0.1, 0.15) is 194 Å². The van der Waals surface area contributed by atoms with Gasteiger partial charge in [0.2, 0.25) is 0 Å². The maximum absolute atomic E-state index is 12.8. The minimum atomic E-state index is -4.40. The predicted molar refractivity (Wildman–Crippen MR) is 297 cm³/mol. The molecule has 398 valence electrons. The van der Waals surface area contributed by atoms with Crippen molar-refractivity contribution in [3.05, 3.63) is 122 Å². The number of quaternary nitrogens is 1. The van der Waals surface area contributed by atoms with Crippen LogP contribution in [0.5, 0.6) is 0 Å². The van der Waals surface area contributed by atoms with Gasteiger partial charge in [-0.15, -0.1) is 0 Å². The lowest BCUT2D eigenvalue weighted by Gasteiger charge is -2.24. The molecule has 0 aliphatic rings. The van der Waals surface area contributed by atoms with E-state index in [0.717, 1.165) is 122 Å². The van der Waals surface area contributed by atoms with Crippen molar-refractivity contribution in [3.8, 4) is 0 Å². The van der Waals surface area contributed by atoms with Gasteiger partial charge in [0.15, 0.2) is 6.10 Å². The smallest absolute Gasteiger partial charge is 0.462 e. The van der Waals surface area contributed by atoms with Crippen LogP contribution in [0.15, 0.2) is 122 Å². The summed E-state index contributed by atoms with van der Waals surface area (Å²) in [6, 6.07) is 0. The van der Waals surface area contributed by atoms with Crippen molar-refractivity contribution in [2.75, 3.05) is 47.5 Å². The number of rotatable bonds is 48. The van der Waals surface area contributed by atoms with E-state index in [1.165, 1.54) is 32.1 Å². The van der Waals surface area contributed by atoms with E-state index >= 15 is 0 Å². The van der Waals surface area contributed by atoms with Crippen LogP contribution in [0.3, 0.4) is 0 Å². The van der Waals surface area contributed by atoms with E-state index < -0.39 is 32.5 Å². The van der Waals surface area contributed by atoms with E-state index in [2.05, 4.69) is 135 Å². The highest BCUT2D eigenvalue weighted by Crippen LogP contribution is 2.43. The van der Waals surface area contributed by atoms with Crippen molar-refractivity contribution in [2.24, 2.45) is 0 Å². The second-order valence-corrected chi connectivity index (χ2v) is 20.3. The Hall–Kier alpha value is -3.59. The first-order valence-corrected chi connectivity index (χ1v) is 28.8. The highest BCUT2D eigenvalue weighted by Gasteiger charge is 2.27. The lowest BCUT2D eigenvalue weighted by Crippen LogP contribution is -2.37. The summed E-state index contributed by atoms with van der Waals surface area (Å²) in [7, 11) is 1.43. The number of carbonyl (C=O) groups is 2. The Morgan fingerprint density at radius 3 is 1.21 bits per heavy atom. The molecule has 2 unspecified atom stereocenters. The van der Waals surface area contributed by atoms with Gasteiger partial charge in [-0.2, -0.15) is 0 Å². The monoisotopic (exact) mass is 995 g/mol. The zero-order chi connectivity index (χ0) is 51.3. The van der Waals surface area contributed by atoms with E-state index in [-0.39, 0.29) is 26.1 Å². The highest BCUT2D eigenvalue weighted by molar-refractivity contribution is 7.47. The van der Waals surface area contributed by atoms with Gasteiger partial charge in [0, 0.05) is 12.8 Å². The molecule has 9 nitrogen and oxygen atoms in total. The standard InChI is InChI=1S/C60H100NO8P/c1-6-8-10-12-14-16-18-20-22-24-26-27-28-29-30-31-32-33-35-37-39-41-43-45-47-49-51-53-60(63)69-58(57-68-70(64,65)67-55-54-61(3,4)5)56-66-59(62)52-50-48-46-44-42-40-38-36-34-25-23-21-19-17-15-13-11-9-7-2/h8,10,14-17,20-23,26-27,29-30,32-34,36-37,39,58H,6-7,9,11-13,18-19,24-25,28,31,35,38,40-57H2,1-5H3/p+1/b10-8-,16-14-,17-15-,22-20-,23-21-,27-26-,30-29-,33-32-,36-34-,39-37-. The fourth-order valence-corrected chi connectivity index (χ4v) is 7.51. The molecule has 0 saturated carbocycles. The highest BCUT2D eigenvalue weighted by atomic mass is 31.2. The molecule has 0 aliphatic heterocycles. The van der Waals surface area contributed by atoms with E-state index in [1.807, 2.05) is 21.1 Å². The van der Waals surface area contributed by atoms with Crippen LogP contribution >= 0.6 is 7.82 Å². The van der Waals surface area contributed by atoms with Crippen molar-refractivity contribution in [2.45, 2.75) is 200 Å². The number of hydrogen-bond acceptors (Lipinski definition) is 7. The van der Waals surface area contributed by atoms with Crippen molar-refractivity contribution < 1.29 is 42.1 Å². The molecular weight excluding hydrogens is 894 g/mol. The molecule has 70 heavy (non-hydrogen) atoms. The summed E-state index contributed by atoms with van der Waals surface area (Å²) in [6.45, 7) is 4.23. The first-order valence-electron chi connectivity index (χ1n) is 27.3. The van der Waals surface area contributed by atoms with E-state index in [4.69, 9.17) is 18.5 Å². The summed E-state index contributed by atoms with van der Waals surface area (Å²) in [5.41, 5.74) is 0. The number of esters is 2. The summed E-state index contributed by atoms with van der Waals surface area (Å²) in [4.78, 5) is 35.6. The summed E-state index contributed by atoms with van der Waals surface area (Å²) in [5.74, 6) is -0.845. The normalized spacial score (nSPS) is 14.3. The van der Waals surface area contributed by atoms with Crippen molar-refractivity contribution >= 4 is 19.8 Å². The fraction of sp³-hybridized carbons (Fsp3) is 0.633. The van der Waals surface area contributed by atoms with Gasteiger partial charge >= 0.3 is 19.8 Å². The SMILES string of the molecule is CC/C=C\C/C=C\C/C=C\C/C=C\C/C=C\C/C=C\C/C=C\CCCCCCCC(=O)OC(COC(=O)CCCCCCCC/C=C\C/C=C\C/C=C\CCCCC)COP(=O)(O)OCC[N+](C)(C)C. The fourth-order valence-electron chi connectivity index (χ4n) is 6.76. The molecule has 0 aliphatic carbocycles. The zero-order valence-corrected chi connectivity index (χ0v) is 45.8. The van der Waals surface area contributed by atoms with Gasteiger partial charge in [0.25, 0.3) is 0 Å². The van der Waals surface area contributed by atoms with Crippen molar-refractivity contribution in [1.29, 1.82) is 0 Å². The second kappa shape index (κ2) is 50.4. The third-order valence-corrected chi connectivity index (χ3v) is 12.0. The van der Waals surface area contributed by atoms with Gasteiger partial charge < -0.3 is 18.9 Å². The second-order valence-electron chi connectivity index (χ2n) is 18.9. The number of unbranched alkanes of at least 4 members (excludes halogenated alkanes) is 14. The van der Waals surface area contributed by atoms with Gasteiger partial charge in [0.05, 0.1) is 27.7 Å². The first kappa shape index (κ1) is 66.4. The molecule has 0 rings (SSSR count). The Labute approximate surface area is 428 Å². The first-order chi connectivity index (χ1) is 34.0. The van der Waals surface area contributed by atoms with Crippen molar-refractivity contribution in [3.63, 3.8) is 0 Å². The molecule has 1 N–H and O–H groups in total. The topological polar surface area (TPSA) is 108 Å². The number of likely N-dealkylation sites (N-methyl/N-ethyl adjacent to an activating group) is 1. The molecular formula is C60H101NO8P+. The van der Waals surface area contributed by atoms with E-state index in [1.54, 1.807) is 0 Å². The number of hydrogen-bond donors (Lipinski definition) is 1. The Bertz CT molecular complexity index is 1590. The summed E-state index contributed by atoms with van der Waals surface area (Å²) < 4.78 is 34.5. The molecule has 0 aromatic rings. The number of carbonyl (C=O) groups excluding carboxylic acids is 2. The number of ether oxygens (including phenoxy) is 2. The maximum atomic E-state index is 12.8. The minimum Gasteiger partial charge on any atom is -0.462 e. The Balaban J connectivity index is 4.33. The third kappa shape index (κ3) is 53.8. The minimum absolute atomic E-state index is 0.0178. The van der Waals surface area contributed by atoms with Gasteiger partial charge in [-0.3, -0.25) is 18.6 Å². The number of allylic oxidation sites excluding steroid dienone is 20. The van der Waals surface area contributed by atoms with Crippen molar-refractivity contribution in [1.82, 2.24) is 0 Å². The van der Waals surface area contributed by atoms with Crippen LogP contribution in [0.25, 0.3) is 0 Å². The molecule has 0 saturated heterocycles. The average molecular weight is 995 g/mol. The van der Waals surface area contributed by atoms with Gasteiger partial charge in [-0.25, -0.2) is 4.57 Å². The van der Waals surface area contributed by atoms with E-state index in [9.17, 15) is 19.0 Å². The Morgan fingerprint density at radius 2 is 0.814 bits per heavy atom. The maximum Gasteiger partial charge on any atom is 0.472 e. The molecule has 0 fully saturated rings. The van der Waals surface area contributed by atoms with Crippen LogP contribution in [0.4, 0.5) is 0 Å². The molecule has 10 heteroatoms. The van der Waals surface area contributed by atoms with Gasteiger partial charge in [0.1, 0.15) is 19.8 Å².